The molecule has 0 aliphatic rings. The van der Waals surface area contributed by atoms with E-state index >= 15 is 0 Å². The molecule has 2 aromatic carbocycles. The number of hydrogen-bond donors (Lipinski definition) is 1. The molecule has 4 rings (SSSR count). The summed E-state index contributed by atoms with van der Waals surface area (Å²) in [7, 11) is 0. The van der Waals surface area contributed by atoms with Crippen molar-refractivity contribution < 1.29 is 14.2 Å². The summed E-state index contributed by atoms with van der Waals surface area (Å²) in [5.74, 6) is 2.90. The summed E-state index contributed by atoms with van der Waals surface area (Å²) in [5.41, 5.74) is 2.04. The Morgan fingerprint density at radius 3 is 2.50 bits per heavy atom. The molecule has 0 bridgehead atoms. The normalized spacial score (nSPS) is 10.8. The zero-order valence-electron chi connectivity index (χ0n) is 16.1. The molecule has 2 aromatic heterocycles. The summed E-state index contributed by atoms with van der Waals surface area (Å²) in [6.45, 7) is 0.876. The predicted octanol–water partition coefficient (Wildman–Crippen LogP) is 4.07. The molecule has 0 amide bonds. The number of aromatic nitrogens is 5. The number of aryl methyl sites for hydroxylation is 1. The van der Waals surface area contributed by atoms with Crippen molar-refractivity contribution in [2.75, 3.05) is 12.1 Å². The summed E-state index contributed by atoms with van der Waals surface area (Å²) in [4.78, 5) is 4.68. The number of fused-ring (bicyclic) bond motifs is 1. The number of H-pyrrole nitrogens is 1. The van der Waals surface area contributed by atoms with Crippen molar-refractivity contribution in [2.45, 2.75) is 19.4 Å². The highest BCUT2D eigenvalue weighted by atomic mass is 79.9. The van der Waals surface area contributed by atoms with Crippen LogP contribution in [-0.2, 0) is 13.0 Å². The lowest BCUT2D eigenvalue weighted by Gasteiger charge is -2.12. The highest BCUT2D eigenvalue weighted by Gasteiger charge is 2.09. The summed E-state index contributed by atoms with van der Waals surface area (Å²) in [6.07, 6.45) is 1.52. The Morgan fingerprint density at radius 2 is 1.73 bits per heavy atom. The van der Waals surface area contributed by atoms with Crippen molar-refractivity contribution >= 4 is 26.8 Å². The first-order chi connectivity index (χ1) is 14.8. The number of tetrazole rings is 1. The smallest absolute Gasteiger partial charge is 0.174 e. The molecule has 0 saturated carbocycles. The second kappa shape index (κ2) is 10.0. The van der Waals surface area contributed by atoms with Crippen molar-refractivity contribution in [3.05, 3.63) is 66.1 Å². The van der Waals surface area contributed by atoms with Crippen LogP contribution in [-0.4, -0.2) is 37.7 Å². The van der Waals surface area contributed by atoms with Crippen LogP contribution in [0.5, 0.6) is 17.2 Å². The molecule has 30 heavy (non-hydrogen) atoms. The van der Waals surface area contributed by atoms with E-state index in [1.165, 1.54) is 0 Å². The number of alkyl halides is 1. The van der Waals surface area contributed by atoms with E-state index < -0.39 is 0 Å². The lowest BCUT2D eigenvalue weighted by Crippen LogP contribution is -2.03. The zero-order chi connectivity index (χ0) is 20.6. The van der Waals surface area contributed by atoms with Gasteiger partial charge < -0.3 is 14.2 Å². The van der Waals surface area contributed by atoms with Gasteiger partial charge in [-0.25, -0.2) is 4.98 Å². The van der Waals surface area contributed by atoms with Crippen LogP contribution in [0.4, 0.5) is 0 Å². The molecular weight excluding hydrogens is 450 g/mol. The van der Waals surface area contributed by atoms with Gasteiger partial charge in [0, 0.05) is 11.8 Å². The van der Waals surface area contributed by atoms with E-state index in [0.717, 1.165) is 40.9 Å². The van der Waals surface area contributed by atoms with Crippen LogP contribution in [0, 0.1) is 0 Å². The average molecular weight is 470 g/mol. The van der Waals surface area contributed by atoms with Crippen molar-refractivity contribution in [2.24, 2.45) is 0 Å². The SMILES string of the molecule is BrCOc1cc2ccccc2nc1COc1ccc(OCCCc2nn[nH]n2)cc1. The van der Waals surface area contributed by atoms with Gasteiger partial charge in [0.15, 0.2) is 5.82 Å². The minimum absolute atomic E-state index is 0.304. The first-order valence-corrected chi connectivity index (χ1v) is 10.6. The van der Waals surface area contributed by atoms with Gasteiger partial charge >= 0.3 is 0 Å². The number of para-hydroxylation sites is 1. The van der Waals surface area contributed by atoms with Gasteiger partial charge in [-0.1, -0.05) is 23.4 Å². The third kappa shape index (κ3) is 5.24. The van der Waals surface area contributed by atoms with Crippen LogP contribution in [0.1, 0.15) is 17.9 Å². The second-order valence-corrected chi connectivity index (χ2v) is 6.88. The maximum atomic E-state index is 5.92. The molecule has 1 N–H and O–H groups in total. The van der Waals surface area contributed by atoms with Gasteiger partial charge in [-0.05, 0) is 58.7 Å². The number of rotatable bonds is 10. The van der Waals surface area contributed by atoms with Gasteiger partial charge in [0.25, 0.3) is 0 Å². The molecule has 9 heteroatoms. The van der Waals surface area contributed by atoms with Gasteiger partial charge in [-0.15, -0.1) is 10.2 Å². The van der Waals surface area contributed by atoms with Crippen LogP contribution < -0.4 is 14.2 Å². The van der Waals surface area contributed by atoms with E-state index in [9.17, 15) is 0 Å². The third-order valence-electron chi connectivity index (χ3n) is 4.38. The largest absolute Gasteiger partial charge is 0.494 e. The van der Waals surface area contributed by atoms with Crippen LogP contribution >= 0.6 is 15.9 Å². The van der Waals surface area contributed by atoms with Gasteiger partial charge in [0.05, 0.1) is 12.1 Å². The first kappa shape index (κ1) is 20.1. The molecule has 154 valence electrons. The number of hydrogen-bond acceptors (Lipinski definition) is 7. The fraction of sp³-hybridized carbons (Fsp3) is 0.238. The minimum Gasteiger partial charge on any atom is -0.494 e. The average Bonchev–Trinajstić information content (AvgIpc) is 3.30. The van der Waals surface area contributed by atoms with Crippen molar-refractivity contribution in [1.29, 1.82) is 0 Å². The van der Waals surface area contributed by atoms with E-state index in [4.69, 9.17) is 14.2 Å². The second-order valence-electron chi connectivity index (χ2n) is 6.42. The van der Waals surface area contributed by atoms with Gasteiger partial charge in [-0.3, -0.25) is 0 Å². The van der Waals surface area contributed by atoms with Gasteiger partial charge in [-0.2, -0.15) is 5.21 Å². The molecule has 0 aliphatic heterocycles. The summed E-state index contributed by atoms with van der Waals surface area (Å²) < 4.78 is 17.3. The van der Waals surface area contributed by atoms with Gasteiger partial charge in [0.1, 0.15) is 35.1 Å². The molecular formula is C21H20BrN5O3. The Morgan fingerprint density at radius 1 is 0.933 bits per heavy atom. The van der Waals surface area contributed by atoms with Gasteiger partial charge in [0.2, 0.25) is 0 Å². The molecule has 0 unspecified atom stereocenters. The number of nitrogens with zero attached hydrogens (tertiary/aromatic N) is 4. The zero-order valence-corrected chi connectivity index (χ0v) is 17.7. The molecule has 0 saturated heterocycles. The van der Waals surface area contributed by atoms with E-state index in [0.29, 0.717) is 30.3 Å². The molecule has 8 nitrogen and oxygen atoms in total. The summed E-state index contributed by atoms with van der Waals surface area (Å²) in [6, 6.07) is 17.4. The van der Waals surface area contributed by atoms with E-state index in [2.05, 4.69) is 41.5 Å². The van der Waals surface area contributed by atoms with Crippen LogP contribution in [0.2, 0.25) is 0 Å². The number of halogens is 1. The summed E-state index contributed by atoms with van der Waals surface area (Å²) in [5, 5.41) is 14.8. The minimum atomic E-state index is 0.304. The molecule has 0 atom stereocenters. The molecule has 4 aromatic rings. The monoisotopic (exact) mass is 469 g/mol. The highest BCUT2D eigenvalue weighted by Crippen LogP contribution is 2.25. The Bertz CT molecular complexity index is 1070. The fourth-order valence-electron chi connectivity index (χ4n) is 2.92. The van der Waals surface area contributed by atoms with Crippen molar-refractivity contribution in [3.63, 3.8) is 0 Å². The van der Waals surface area contributed by atoms with Crippen LogP contribution in [0.15, 0.2) is 54.6 Å². The number of aromatic amines is 1. The third-order valence-corrected chi connectivity index (χ3v) is 4.60. The van der Waals surface area contributed by atoms with E-state index in [1.807, 2.05) is 54.6 Å². The quantitative estimate of drug-likeness (QED) is 0.276. The Kier molecular flexibility index (Phi) is 6.71. The molecule has 0 radical (unpaired) electrons. The molecule has 0 spiro atoms. The lowest BCUT2D eigenvalue weighted by atomic mass is 10.2. The Hall–Kier alpha value is -3.20. The number of benzene rings is 2. The topological polar surface area (TPSA) is 95.0 Å². The first-order valence-electron chi connectivity index (χ1n) is 9.47. The van der Waals surface area contributed by atoms with E-state index in [1.54, 1.807) is 0 Å². The predicted molar refractivity (Wildman–Crippen MR) is 115 cm³/mol. The van der Waals surface area contributed by atoms with Crippen molar-refractivity contribution in [3.8, 4) is 17.2 Å². The number of pyridine rings is 1. The maximum absolute atomic E-state index is 5.92. The number of nitrogens with one attached hydrogen (secondary N) is 1. The Labute approximate surface area is 181 Å². The fourth-order valence-corrected chi connectivity index (χ4v) is 3.16. The van der Waals surface area contributed by atoms with Crippen LogP contribution in [0.3, 0.4) is 0 Å². The maximum Gasteiger partial charge on any atom is 0.174 e. The summed E-state index contributed by atoms with van der Waals surface area (Å²) >= 11 is 3.31. The molecule has 0 fully saturated rings. The number of ether oxygens (including phenoxy) is 3. The lowest BCUT2D eigenvalue weighted by molar-refractivity contribution is 0.287. The molecule has 2 heterocycles. The molecule has 0 aliphatic carbocycles. The van der Waals surface area contributed by atoms with E-state index in [-0.39, 0.29) is 0 Å². The van der Waals surface area contributed by atoms with Crippen molar-refractivity contribution in [1.82, 2.24) is 25.6 Å². The highest BCUT2D eigenvalue weighted by molar-refractivity contribution is 9.09. The Balaban J connectivity index is 1.33. The standard InChI is InChI=1S/C21H20BrN5O3/c22-14-30-20-12-15-4-1-2-5-18(15)23-19(20)13-29-17-9-7-16(8-10-17)28-11-3-6-21-24-26-27-25-21/h1-2,4-5,7-10,12H,3,6,11,13-14H2,(H,24,25,26,27). The van der Waals surface area contributed by atoms with Crippen LogP contribution in [0.25, 0.3) is 10.9 Å².